The maximum Gasteiger partial charge on any atom is 0.230 e. The van der Waals surface area contributed by atoms with Gasteiger partial charge in [0.1, 0.15) is 23.8 Å². The summed E-state index contributed by atoms with van der Waals surface area (Å²) in [5.41, 5.74) is 4.91. The standard InChI is InChI=1S/C23H19FN6O2S/c1-29-13-18(12-26-29)16-5-8-21-20(9-16)25-14-30(21)23-11-17(15-3-6-19(24)7-4-15)10-22(27-23)28-33(2,31)32/h3-14H,1-2H3,(H,27,28). The Labute approximate surface area is 189 Å². The second kappa shape index (κ2) is 7.82. The first-order valence-corrected chi connectivity index (χ1v) is 11.9. The second-order valence-corrected chi connectivity index (χ2v) is 9.45. The molecule has 0 aliphatic rings. The molecule has 0 spiro atoms. The molecule has 0 bridgehead atoms. The van der Waals surface area contributed by atoms with Crippen LogP contribution in [0, 0.1) is 5.82 Å². The lowest BCUT2D eigenvalue weighted by molar-refractivity contribution is 0.606. The number of nitrogens with zero attached hydrogens (tertiary/aromatic N) is 5. The number of halogens is 1. The van der Waals surface area contributed by atoms with Gasteiger partial charge in [-0.2, -0.15) is 5.10 Å². The average molecular weight is 463 g/mol. The summed E-state index contributed by atoms with van der Waals surface area (Å²) in [4.78, 5) is 9.00. The van der Waals surface area contributed by atoms with Gasteiger partial charge >= 0.3 is 0 Å². The molecular formula is C23H19FN6O2S. The van der Waals surface area contributed by atoms with Gasteiger partial charge in [-0.15, -0.1) is 0 Å². The highest BCUT2D eigenvalue weighted by Gasteiger charge is 2.13. The zero-order chi connectivity index (χ0) is 23.2. The first kappa shape index (κ1) is 20.8. The SMILES string of the molecule is Cn1cc(-c2ccc3c(c2)ncn3-c2cc(-c3ccc(F)cc3)cc(NS(C)(=O)=O)n2)cn1. The van der Waals surface area contributed by atoms with Crippen molar-refractivity contribution in [3.63, 3.8) is 0 Å². The molecule has 0 fully saturated rings. The number of anilines is 1. The fourth-order valence-electron chi connectivity index (χ4n) is 3.64. The first-order valence-electron chi connectivity index (χ1n) is 9.97. The van der Waals surface area contributed by atoms with Crippen LogP contribution in [0.25, 0.3) is 39.1 Å². The van der Waals surface area contributed by atoms with E-state index in [-0.39, 0.29) is 11.6 Å². The molecule has 0 atom stereocenters. The van der Waals surface area contributed by atoms with E-state index in [1.54, 1.807) is 46.0 Å². The molecule has 0 saturated carbocycles. The normalized spacial score (nSPS) is 11.7. The van der Waals surface area contributed by atoms with Gasteiger partial charge in [0.2, 0.25) is 10.0 Å². The number of fused-ring (bicyclic) bond motifs is 1. The molecule has 166 valence electrons. The second-order valence-electron chi connectivity index (χ2n) is 7.70. The molecule has 10 heteroatoms. The number of aromatic nitrogens is 5. The van der Waals surface area contributed by atoms with E-state index in [1.807, 2.05) is 31.4 Å². The fraction of sp³-hybridized carbons (Fsp3) is 0.0870. The third-order valence-electron chi connectivity index (χ3n) is 5.11. The quantitative estimate of drug-likeness (QED) is 0.426. The van der Waals surface area contributed by atoms with Crippen LogP contribution in [-0.2, 0) is 17.1 Å². The van der Waals surface area contributed by atoms with Crippen molar-refractivity contribution in [2.75, 3.05) is 11.0 Å². The molecule has 1 N–H and O–H groups in total. The largest absolute Gasteiger partial charge is 0.283 e. The summed E-state index contributed by atoms with van der Waals surface area (Å²) >= 11 is 0. The van der Waals surface area contributed by atoms with E-state index >= 15 is 0 Å². The summed E-state index contributed by atoms with van der Waals surface area (Å²) in [7, 11) is -1.69. The van der Waals surface area contributed by atoms with Crippen molar-refractivity contribution in [2.24, 2.45) is 7.05 Å². The highest BCUT2D eigenvalue weighted by Crippen LogP contribution is 2.28. The Bertz CT molecular complexity index is 1590. The monoisotopic (exact) mass is 462 g/mol. The third-order valence-corrected chi connectivity index (χ3v) is 5.69. The molecule has 0 unspecified atom stereocenters. The predicted molar refractivity (Wildman–Crippen MR) is 125 cm³/mol. The van der Waals surface area contributed by atoms with Crippen LogP contribution < -0.4 is 4.72 Å². The fourth-order valence-corrected chi connectivity index (χ4v) is 4.12. The van der Waals surface area contributed by atoms with Crippen LogP contribution in [0.5, 0.6) is 0 Å². The van der Waals surface area contributed by atoms with E-state index in [9.17, 15) is 12.8 Å². The Hall–Kier alpha value is -4.05. The van der Waals surface area contributed by atoms with Gasteiger partial charge in [0, 0.05) is 18.8 Å². The van der Waals surface area contributed by atoms with Gasteiger partial charge in [0.25, 0.3) is 0 Å². The molecule has 33 heavy (non-hydrogen) atoms. The Morgan fingerprint density at radius 1 is 0.939 bits per heavy atom. The van der Waals surface area contributed by atoms with E-state index in [1.165, 1.54) is 12.1 Å². The maximum absolute atomic E-state index is 13.4. The van der Waals surface area contributed by atoms with E-state index in [0.29, 0.717) is 11.4 Å². The zero-order valence-corrected chi connectivity index (χ0v) is 18.6. The van der Waals surface area contributed by atoms with Gasteiger partial charge < -0.3 is 0 Å². The third kappa shape index (κ3) is 4.33. The molecule has 0 saturated heterocycles. The van der Waals surface area contributed by atoms with Crippen LogP contribution in [0.2, 0.25) is 0 Å². The summed E-state index contributed by atoms with van der Waals surface area (Å²) < 4.78 is 43.1. The first-order chi connectivity index (χ1) is 15.7. The van der Waals surface area contributed by atoms with E-state index < -0.39 is 10.0 Å². The molecule has 3 aromatic heterocycles. The number of hydrogen-bond donors (Lipinski definition) is 1. The van der Waals surface area contributed by atoms with Crippen molar-refractivity contribution < 1.29 is 12.8 Å². The lowest BCUT2D eigenvalue weighted by Gasteiger charge is -2.11. The topological polar surface area (TPSA) is 94.7 Å². The minimum Gasteiger partial charge on any atom is -0.283 e. The van der Waals surface area contributed by atoms with Crippen molar-refractivity contribution in [3.05, 3.63) is 79.1 Å². The zero-order valence-electron chi connectivity index (χ0n) is 17.8. The van der Waals surface area contributed by atoms with Crippen molar-refractivity contribution in [2.45, 2.75) is 0 Å². The van der Waals surface area contributed by atoms with Gasteiger partial charge in [-0.1, -0.05) is 18.2 Å². The molecule has 0 amide bonds. The molecule has 0 aliphatic heterocycles. The van der Waals surface area contributed by atoms with Crippen LogP contribution in [0.15, 0.2) is 73.3 Å². The molecule has 2 aromatic carbocycles. The summed E-state index contributed by atoms with van der Waals surface area (Å²) in [5.74, 6) is 0.273. The van der Waals surface area contributed by atoms with Gasteiger partial charge in [-0.3, -0.25) is 14.0 Å². The highest BCUT2D eigenvalue weighted by atomic mass is 32.2. The van der Waals surface area contributed by atoms with Crippen molar-refractivity contribution >= 4 is 26.9 Å². The van der Waals surface area contributed by atoms with Crippen LogP contribution >= 0.6 is 0 Å². The number of imidazole rings is 1. The van der Waals surface area contributed by atoms with Crippen LogP contribution in [0.4, 0.5) is 10.2 Å². The molecule has 0 radical (unpaired) electrons. The average Bonchev–Trinajstić information content (AvgIpc) is 3.38. The van der Waals surface area contributed by atoms with E-state index in [4.69, 9.17) is 0 Å². The van der Waals surface area contributed by atoms with Crippen molar-refractivity contribution in [1.29, 1.82) is 0 Å². The summed E-state index contributed by atoms with van der Waals surface area (Å²) in [5, 5.41) is 4.21. The molecule has 5 aromatic rings. The number of hydrogen-bond acceptors (Lipinski definition) is 5. The van der Waals surface area contributed by atoms with E-state index in [2.05, 4.69) is 19.8 Å². The molecule has 8 nitrogen and oxygen atoms in total. The lowest BCUT2D eigenvalue weighted by atomic mass is 10.1. The Morgan fingerprint density at radius 2 is 1.70 bits per heavy atom. The van der Waals surface area contributed by atoms with Gasteiger partial charge in [0.05, 0.1) is 23.5 Å². The Morgan fingerprint density at radius 3 is 2.39 bits per heavy atom. The van der Waals surface area contributed by atoms with Gasteiger partial charge in [-0.25, -0.2) is 22.8 Å². The number of pyridine rings is 1. The highest BCUT2D eigenvalue weighted by molar-refractivity contribution is 7.92. The summed E-state index contributed by atoms with van der Waals surface area (Å²) in [6.45, 7) is 0. The number of benzene rings is 2. The maximum atomic E-state index is 13.4. The molecular weight excluding hydrogens is 443 g/mol. The predicted octanol–water partition coefficient (Wildman–Crippen LogP) is 4.00. The number of nitrogens with one attached hydrogen (secondary N) is 1. The van der Waals surface area contributed by atoms with Crippen molar-refractivity contribution in [1.82, 2.24) is 24.3 Å². The van der Waals surface area contributed by atoms with Gasteiger partial charge in [0.15, 0.2) is 0 Å². The summed E-state index contributed by atoms with van der Waals surface area (Å²) in [6, 6.07) is 15.2. The molecule has 5 rings (SSSR count). The summed E-state index contributed by atoms with van der Waals surface area (Å²) in [6.07, 6.45) is 6.41. The Kier molecular flexibility index (Phi) is 4.94. The lowest BCUT2D eigenvalue weighted by Crippen LogP contribution is -2.12. The minimum absolute atomic E-state index is 0.156. The van der Waals surface area contributed by atoms with Crippen LogP contribution in [0.3, 0.4) is 0 Å². The smallest absolute Gasteiger partial charge is 0.230 e. The van der Waals surface area contributed by atoms with Crippen LogP contribution in [0.1, 0.15) is 0 Å². The number of aryl methyl sites for hydroxylation is 1. The minimum atomic E-state index is -3.55. The van der Waals surface area contributed by atoms with Crippen LogP contribution in [-0.4, -0.2) is 39.0 Å². The van der Waals surface area contributed by atoms with Gasteiger partial charge in [-0.05, 0) is 53.1 Å². The Balaban J connectivity index is 1.63. The van der Waals surface area contributed by atoms with Crippen molar-refractivity contribution in [3.8, 4) is 28.1 Å². The van der Waals surface area contributed by atoms with E-state index in [0.717, 1.165) is 34.0 Å². The molecule has 3 heterocycles. The number of sulfonamides is 1. The molecule has 0 aliphatic carbocycles. The number of rotatable bonds is 5.